The second-order valence-electron chi connectivity index (χ2n) is 4.92. The molecule has 0 aliphatic carbocycles. The van der Waals surface area contributed by atoms with E-state index < -0.39 is 11.9 Å². The summed E-state index contributed by atoms with van der Waals surface area (Å²) in [6, 6.07) is -0.146. The SMILES string of the molecule is CCN(CC(C)C(=O)O)C(=O)N(CCCO)C(C)C. The molecule has 6 nitrogen and oxygen atoms in total. The van der Waals surface area contributed by atoms with Gasteiger partial charge in [0.05, 0.1) is 5.92 Å². The molecule has 0 heterocycles. The third-order valence-corrected chi connectivity index (χ3v) is 2.99. The summed E-state index contributed by atoms with van der Waals surface area (Å²) in [6.07, 6.45) is 0.524. The third-order valence-electron chi connectivity index (χ3n) is 2.99. The summed E-state index contributed by atoms with van der Waals surface area (Å²) in [5.41, 5.74) is 0. The van der Waals surface area contributed by atoms with Gasteiger partial charge in [-0.1, -0.05) is 6.92 Å². The Balaban J connectivity index is 4.72. The number of rotatable bonds is 8. The van der Waals surface area contributed by atoms with Gasteiger partial charge in [0.15, 0.2) is 0 Å². The van der Waals surface area contributed by atoms with Gasteiger partial charge >= 0.3 is 12.0 Å². The van der Waals surface area contributed by atoms with Crippen LogP contribution in [0, 0.1) is 5.92 Å². The molecule has 0 rings (SSSR count). The monoisotopic (exact) mass is 274 g/mol. The highest BCUT2D eigenvalue weighted by molar-refractivity contribution is 5.76. The summed E-state index contributed by atoms with van der Waals surface area (Å²) < 4.78 is 0. The summed E-state index contributed by atoms with van der Waals surface area (Å²) in [5.74, 6) is -1.49. The quantitative estimate of drug-likeness (QED) is 0.698. The zero-order valence-electron chi connectivity index (χ0n) is 12.3. The lowest BCUT2D eigenvalue weighted by molar-refractivity contribution is -0.141. The molecule has 0 aliphatic heterocycles. The molecule has 112 valence electrons. The maximum Gasteiger partial charge on any atom is 0.320 e. The number of carbonyl (C=O) groups excluding carboxylic acids is 1. The molecule has 1 atom stereocenters. The summed E-state index contributed by atoms with van der Waals surface area (Å²) >= 11 is 0. The van der Waals surface area contributed by atoms with Crippen LogP contribution in [0.2, 0.25) is 0 Å². The Kier molecular flexibility index (Phi) is 8.14. The molecule has 0 fully saturated rings. The van der Waals surface area contributed by atoms with Gasteiger partial charge in [-0.05, 0) is 27.2 Å². The number of hydrogen-bond acceptors (Lipinski definition) is 3. The number of aliphatic hydroxyl groups is 1. The molecular weight excluding hydrogens is 248 g/mol. The third kappa shape index (κ3) is 5.92. The van der Waals surface area contributed by atoms with E-state index in [1.165, 1.54) is 4.90 Å². The largest absolute Gasteiger partial charge is 0.481 e. The van der Waals surface area contributed by atoms with Crippen LogP contribution in [0.5, 0.6) is 0 Å². The number of hydrogen-bond donors (Lipinski definition) is 2. The molecule has 0 aliphatic rings. The van der Waals surface area contributed by atoms with E-state index >= 15 is 0 Å². The Labute approximate surface area is 115 Å². The zero-order valence-corrected chi connectivity index (χ0v) is 12.3. The van der Waals surface area contributed by atoms with E-state index in [0.29, 0.717) is 19.5 Å². The first-order chi connectivity index (χ1) is 8.84. The van der Waals surface area contributed by atoms with Crippen molar-refractivity contribution in [3.05, 3.63) is 0 Å². The molecule has 19 heavy (non-hydrogen) atoms. The van der Waals surface area contributed by atoms with Crippen molar-refractivity contribution >= 4 is 12.0 Å². The molecule has 6 heteroatoms. The van der Waals surface area contributed by atoms with E-state index in [1.807, 2.05) is 20.8 Å². The molecule has 0 aromatic carbocycles. The summed E-state index contributed by atoms with van der Waals surface area (Å²) in [7, 11) is 0. The van der Waals surface area contributed by atoms with E-state index in [0.717, 1.165) is 0 Å². The van der Waals surface area contributed by atoms with Gasteiger partial charge in [0.2, 0.25) is 0 Å². The van der Waals surface area contributed by atoms with E-state index in [9.17, 15) is 9.59 Å². The number of urea groups is 1. The molecule has 2 N–H and O–H groups in total. The highest BCUT2D eigenvalue weighted by Gasteiger charge is 2.24. The summed E-state index contributed by atoms with van der Waals surface area (Å²) in [5, 5.41) is 17.8. The molecule has 0 saturated heterocycles. The fraction of sp³-hybridized carbons (Fsp3) is 0.846. The lowest BCUT2D eigenvalue weighted by atomic mass is 10.1. The topological polar surface area (TPSA) is 81.1 Å². The van der Waals surface area contributed by atoms with E-state index in [1.54, 1.807) is 11.8 Å². The van der Waals surface area contributed by atoms with Gasteiger partial charge in [0.1, 0.15) is 0 Å². The number of aliphatic carboxylic acids is 1. The first-order valence-electron chi connectivity index (χ1n) is 6.74. The number of nitrogens with zero attached hydrogens (tertiary/aromatic N) is 2. The van der Waals surface area contributed by atoms with Crippen molar-refractivity contribution in [3.8, 4) is 0 Å². The first-order valence-corrected chi connectivity index (χ1v) is 6.74. The zero-order chi connectivity index (χ0) is 15.0. The maximum atomic E-state index is 12.4. The standard InChI is InChI=1S/C13H26N2O4/c1-5-14(9-11(4)12(17)18)13(19)15(10(2)3)7-6-8-16/h10-11,16H,5-9H2,1-4H3,(H,17,18). The van der Waals surface area contributed by atoms with Crippen LogP contribution in [-0.4, -0.2) is 64.3 Å². The number of aliphatic hydroxyl groups excluding tert-OH is 1. The van der Waals surface area contributed by atoms with Crippen LogP contribution in [0.3, 0.4) is 0 Å². The number of carboxylic acids is 1. The minimum atomic E-state index is -0.905. The Bertz CT molecular complexity index is 294. The molecule has 0 aromatic rings. The lowest BCUT2D eigenvalue weighted by Crippen LogP contribution is -2.48. The Morgan fingerprint density at radius 2 is 1.79 bits per heavy atom. The van der Waals surface area contributed by atoms with Crippen molar-refractivity contribution in [2.45, 2.75) is 40.2 Å². The fourth-order valence-corrected chi connectivity index (χ4v) is 1.75. The van der Waals surface area contributed by atoms with Crippen LogP contribution in [0.4, 0.5) is 4.79 Å². The molecule has 0 radical (unpaired) electrons. The molecule has 1 unspecified atom stereocenters. The van der Waals surface area contributed by atoms with Crippen molar-refractivity contribution in [1.82, 2.24) is 9.80 Å². The normalized spacial score (nSPS) is 12.3. The van der Waals surface area contributed by atoms with E-state index in [4.69, 9.17) is 10.2 Å². The van der Waals surface area contributed by atoms with Gasteiger partial charge in [0.25, 0.3) is 0 Å². The highest BCUT2D eigenvalue weighted by atomic mass is 16.4. The van der Waals surface area contributed by atoms with Gasteiger partial charge in [-0.15, -0.1) is 0 Å². The maximum absolute atomic E-state index is 12.4. The van der Waals surface area contributed by atoms with E-state index in [-0.39, 0.29) is 25.2 Å². The number of carboxylic acid groups (broad SMARTS) is 1. The minimum Gasteiger partial charge on any atom is -0.481 e. The second-order valence-corrected chi connectivity index (χ2v) is 4.92. The Morgan fingerprint density at radius 3 is 2.16 bits per heavy atom. The fourth-order valence-electron chi connectivity index (χ4n) is 1.75. The molecule has 0 spiro atoms. The molecule has 0 aromatic heterocycles. The number of amides is 2. The van der Waals surface area contributed by atoms with Crippen LogP contribution in [-0.2, 0) is 4.79 Å². The lowest BCUT2D eigenvalue weighted by Gasteiger charge is -2.33. The molecule has 0 saturated carbocycles. The van der Waals surface area contributed by atoms with Crippen molar-refractivity contribution < 1.29 is 19.8 Å². The van der Waals surface area contributed by atoms with Crippen LogP contribution in [0.25, 0.3) is 0 Å². The summed E-state index contributed by atoms with van der Waals surface area (Å²) in [6.45, 7) is 8.42. The molecule has 0 bridgehead atoms. The van der Waals surface area contributed by atoms with Gasteiger partial charge in [-0.2, -0.15) is 0 Å². The van der Waals surface area contributed by atoms with Gasteiger partial charge in [0, 0.05) is 32.3 Å². The van der Waals surface area contributed by atoms with Crippen LogP contribution in [0.1, 0.15) is 34.1 Å². The van der Waals surface area contributed by atoms with Crippen molar-refractivity contribution in [2.75, 3.05) is 26.2 Å². The second kappa shape index (κ2) is 8.74. The van der Waals surface area contributed by atoms with Gasteiger partial charge in [-0.3, -0.25) is 4.79 Å². The molecule has 2 amide bonds. The van der Waals surface area contributed by atoms with Crippen molar-refractivity contribution in [2.24, 2.45) is 5.92 Å². The van der Waals surface area contributed by atoms with Crippen molar-refractivity contribution in [1.29, 1.82) is 0 Å². The number of carbonyl (C=O) groups is 2. The van der Waals surface area contributed by atoms with E-state index in [2.05, 4.69) is 0 Å². The smallest absolute Gasteiger partial charge is 0.320 e. The predicted octanol–water partition coefficient (Wildman–Crippen LogP) is 1.24. The highest BCUT2D eigenvalue weighted by Crippen LogP contribution is 2.09. The average molecular weight is 274 g/mol. The average Bonchev–Trinajstić information content (AvgIpc) is 2.35. The van der Waals surface area contributed by atoms with Crippen LogP contribution < -0.4 is 0 Å². The van der Waals surface area contributed by atoms with Crippen LogP contribution in [0.15, 0.2) is 0 Å². The Morgan fingerprint density at radius 1 is 1.21 bits per heavy atom. The molecular formula is C13H26N2O4. The Hall–Kier alpha value is -1.30. The van der Waals surface area contributed by atoms with Crippen molar-refractivity contribution in [3.63, 3.8) is 0 Å². The van der Waals surface area contributed by atoms with Gasteiger partial charge in [-0.25, -0.2) is 4.79 Å². The summed E-state index contributed by atoms with van der Waals surface area (Å²) in [4.78, 5) is 26.4. The predicted molar refractivity (Wildman–Crippen MR) is 73.0 cm³/mol. The minimum absolute atomic E-state index is 0.0215. The first kappa shape index (κ1) is 17.7. The van der Waals surface area contributed by atoms with Gasteiger partial charge < -0.3 is 20.0 Å². The van der Waals surface area contributed by atoms with Crippen LogP contribution >= 0.6 is 0 Å².